The van der Waals surface area contributed by atoms with Gasteiger partial charge in [0.2, 0.25) is 4.96 Å². The van der Waals surface area contributed by atoms with Crippen molar-refractivity contribution in [1.29, 1.82) is 0 Å². The molecule has 0 bridgehead atoms. The zero-order valence-electron chi connectivity index (χ0n) is 12.6. The summed E-state index contributed by atoms with van der Waals surface area (Å²) in [5.41, 5.74) is 0.109. The fraction of sp³-hybridized carbons (Fsp3) is 0.231. The number of carbonyl (C=O) groups is 1. The molecule has 0 aliphatic heterocycles. The van der Waals surface area contributed by atoms with E-state index in [2.05, 4.69) is 10.1 Å². The van der Waals surface area contributed by atoms with Crippen LogP contribution < -0.4 is 5.56 Å². The largest absolute Gasteiger partial charge is 0.454 e. The van der Waals surface area contributed by atoms with Gasteiger partial charge in [-0.05, 0) is 6.92 Å². The third-order valence-corrected chi connectivity index (χ3v) is 4.03. The Labute approximate surface area is 138 Å². The highest BCUT2D eigenvalue weighted by atomic mass is 32.1. The predicted octanol–water partition coefficient (Wildman–Crippen LogP) is 1.06. The summed E-state index contributed by atoms with van der Waals surface area (Å²) in [6.07, 6.45) is 1.22. The Hall–Kier alpha value is -3.08. The number of nitrogens with zero attached hydrogens (tertiary/aromatic N) is 5. The van der Waals surface area contributed by atoms with Crippen LogP contribution in [0.2, 0.25) is 0 Å². The molecule has 0 aromatic carbocycles. The van der Waals surface area contributed by atoms with Crippen LogP contribution in [0.4, 0.5) is 5.69 Å². The van der Waals surface area contributed by atoms with Gasteiger partial charge in [0.15, 0.2) is 5.01 Å². The van der Waals surface area contributed by atoms with Crippen LogP contribution in [-0.2, 0) is 18.4 Å². The number of hydrogen-bond acceptors (Lipinski definition) is 8. The zero-order valence-corrected chi connectivity index (χ0v) is 13.4. The summed E-state index contributed by atoms with van der Waals surface area (Å²) in [5.74, 6) is -0.721. The molecule has 0 atom stereocenters. The molecule has 0 spiro atoms. The zero-order chi connectivity index (χ0) is 17.4. The van der Waals surface area contributed by atoms with E-state index < -0.39 is 10.9 Å². The van der Waals surface area contributed by atoms with Crippen LogP contribution in [0.1, 0.15) is 21.2 Å². The molecule has 0 fully saturated rings. The summed E-state index contributed by atoms with van der Waals surface area (Å²) in [4.78, 5) is 38.5. The number of fused-ring (bicyclic) bond motifs is 1. The molecule has 0 aliphatic rings. The normalized spacial score (nSPS) is 10.9. The van der Waals surface area contributed by atoms with Gasteiger partial charge in [-0.1, -0.05) is 11.3 Å². The third-order valence-electron chi connectivity index (χ3n) is 3.15. The fourth-order valence-corrected chi connectivity index (χ4v) is 2.93. The molecular formula is C13H11N5O5S. The van der Waals surface area contributed by atoms with Crippen LogP contribution in [0.5, 0.6) is 0 Å². The van der Waals surface area contributed by atoms with Gasteiger partial charge in [-0.15, -0.1) is 0 Å². The molecule has 10 nitrogen and oxygen atoms in total. The number of esters is 1. The van der Waals surface area contributed by atoms with Crippen molar-refractivity contribution in [3.63, 3.8) is 0 Å². The average molecular weight is 349 g/mol. The molecule has 3 heterocycles. The highest BCUT2D eigenvalue weighted by Crippen LogP contribution is 2.17. The van der Waals surface area contributed by atoms with Gasteiger partial charge < -0.3 is 9.30 Å². The number of rotatable bonds is 4. The lowest BCUT2D eigenvalue weighted by molar-refractivity contribution is -0.384. The first-order valence-electron chi connectivity index (χ1n) is 6.69. The van der Waals surface area contributed by atoms with Crippen molar-refractivity contribution in [3.8, 4) is 0 Å². The van der Waals surface area contributed by atoms with Gasteiger partial charge in [-0.3, -0.25) is 14.9 Å². The second-order valence-corrected chi connectivity index (χ2v) is 5.99. The maximum atomic E-state index is 12.0. The Bertz CT molecular complexity index is 1020. The Balaban J connectivity index is 1.78. The molecule has 3 aromatic heterocycles. The van der Waals surface area contributed by atoms with E-state index in [9.17, 15) is 19.7 Å². The first-order chi connectivity index (χ1) is 11.3. The third kappa shape index (κ3) is 2.88. The van der Waals surface area contributed by atoms with Gasteiger partial charge in [0.1, 0.15) is 12.3 Å². The van der Waals surface area contributed by atoms with Crippen LogP contribution in [0, 0.1) is 17.0 Å². The van der Waals surface area contributed by atoms with Crippen LogP contribution in [-0.4, -0.2) is 30.1 Å². The quantitative estimate of drug-likeness (QED) is 0.392. The molecule has 24 heavy (non-hydrogen) atoms. The summed E-state index contributed by atoms with van der Waals surface area (Å²) in [7, 11) is 1.51. The Morgan fingerprint density at radius 3 is 2.88 bits per heavy atom. The molecule has 124 valence electrons. The lowest BCUT2D eigenvalue weighted by atomic mass is 10.4. The van der Waals surface area contributed by atoms with Crippen molar-refractivity contribution in [2.45, 2.75) is 13.5 Å². The van der Waals surface area contributed by atoms with Crippen molar-refractivity contribution in [1.82, 2.24) is 19.2 Å². The summed E-state index contributed by atoms with van der Waals surface area (Å²) in [6.45, 7) is 1.54. The molecular weight excluding hydrogens is 338 g/mol. The molecule has 0 N–H and O–H groups in total. The molecule has 0 saturated carbocycles. The smallest absolute Gasteiger partial charge is 0.355 e. The highest BCUT2D eigenvalue weighted by molar-refractivity contribution is 7.16. The minimum Gasteiger partial charge on any atom is -0.454 e. The number of ether oxygens (including phenoxy) is 1. The van der Waals surface area contributed by atoms with Gasteiger partial charge in [0.05, 0.1) is 11.1 Å². The topological polar surface area (TPSA) is 122 Å². The van der Waals surface area contributed by atoms with Crippen LogP contribution >= 0.6 is 11.3 Å². The SMILES string of the molecule is Cc1cc(=O)n2nc(COC(=O)c3cc([N+](=O)[O-])cn3C)sc2n1. The average Bonchev–Trinajstić information content (AvgIpc) is 3.08. The van der Waals surface area contributed by atoms with Crippen molar-refractivity contribution in [2.75, 3.05) is 0 Å². The summed E-state index contributed by atoms with van der Waals surface area (Å²) < 4.78 is 7.56. The molecule has 0 unspecified atom stereocenters. The van der Waals surface area contributed by atoms with E-state index in [1.165, 1.54) is 23.9 Å². The maximum absolute atomic E-state index is 12.0. The maximum Gasteiger partial charge on any atom is 0.355 e. The van der Waals surface area contributed by atoms with Gasteiger partial charge in [-0.25, -0.2) is 9.78 Å². The molecule has 0 radical (unpaired) electrons. The Morgan fingerprint density at radius 2 is 2.21 bits per heavy atom. The van der Waals surface area contributed by atoms with E-state index in [0.29, 0.717) is 15.7 Å². The summed E-state index contributed by atoms with van der Waals surface area (Å²) in [5, 5.41) is 15.2. The van der Waals surface area contributed by atoms with Crippen LogP contribution in [0.15, 0.2) is 23.1 Å². The summed E-state index contributed by atoms with van der Waals surface area (Å²) >= 11 is 1.13. The minimum atomic E-state index is -0.721. The lowest BCUT2D eigenvalue weighted by Gasteiger charge is -2.02. The van der Waals surface area contributed by atoms with Crippen molar-refractivity contribution < 1.29 is 14.5 Å². The number of carbonyl (C=O) groups excluding carboxylic acids is 1. The molecule has 3 rings (SSSR count). The number of aryl methyl sites for hydroxylation is 2. The predicted molar refractivity (Wildman–Crippen MR) is 83.1 cm³/mol. The van der Waals surface area contributed by atoms with Crippen molar-refractivity contribution in [3.05, 3.63) is 55.2 Å². The van der Waals surface area contributed by atoms with E-state index in [4.69, 9.17) is 4.74 Å². The second kappa shape index (κ2) is 5.85. The molecule has 11 heteroatoms. The standard InChI is InChI=1S/C13H11N5O5S/c1-7-3-11(19)17-13(14-7)24-10(15-17)6-23-12(20)9-4-8(18(21)22)5-16(9)2/h3-5H,6H2,1-2H3. The number of hydrogen-bond donors (Lipinski definition) is 0. The van der Waals surface area contributed by atoms with E-state index in [1.807, 2.05) is 0 Å². The molecule has 3 aromatic rings. The Morgan fingerprint density at radius 1 is 1.46 bits per heavy atom. The highest BCUT2D eigenvalue weighted by Gasteiger charge is 2.19. The number of nitro groups is 1. The lowest BCUT2D eigenvalue weighted by Crippen LogP contribution is -2.14. The van der Waals surface area contributed by atoms with E-state index >= 15 is 0 Å². The first-order valence-corrected chi connectivity index (χ1v) is 7.51. The number of aromatic nitrogens is 4. The summed E-state index contributed by atoms with van der Waals surface area (Å²) in [6, 6.07) is 2.49. The van der Waals surface area contributed by atoms with Gasteiger partial charge >= 0.3 is 5.97 Å². The van der Waals surface area contributed by atoms with E-state index in [0.717, 1.165) is 21.9 Å². The Kier molecular flexibility index (Phi) is 3.85. The van der Waals surface area contributed by atoms with Crippen LogP contribution in [0.3, 0.4) is 0 Å². The minimum absolute atomic E-state index is 0.0500. The molecule has 0 aliphatic carbocycles. The van der Waals surface area contributed by atoms with E-state index in [-0.39, 0.29) is 23.5 Å². The van der Waals surface area contributed by atoms with Gasteiger partial charge in [-0.2, -0.15) is 9.61 Å². The van der Waals surface area contributed by atoms with Gasteiger partial charge in [0.25, 0.3) is 11.2 Å². The second-order valence-electron chi connectivity index (χ2n) is 4.95. The van der Waals surface area contributed by atoms with Crippen molar-refractivity contribution >= 4 is 28.0 Å². The van der Waals surface area contributed by atoms with Crippen LogP contribution in [0.25, 0.3) is 4.96 Å². The monoisotopic (exact) mass is 349 g/mol. The molecule has 0 amide bonds. The first kappa shape index (κ1) is 15.8. The molecule has 0 saturated heterocycles. The van der Waals surface area contributed by atoms with Crippen molar-refractivity contribution in [2.24, 2.45) is 7.05 Å². The van der Waals surface area contributed by atoms with E-state index in [1.54, 1.807) is 6.92 Å². The van der Waals surface area contributed by atoms with Gasteiger partial charge in [0, 0.05) is 24.9 Å². The fourth-order valence-electron chi connectivity index (χ4n) is 2.07.